The van der Waals surface area contributed by atoms with Crippen molar-refractivity contribution in [2.45, 2.75) is 65.1 Å². The maximum Gasteiger partial charge on any atom is 0.408 e. The monoisotopic (exact) mass is 376 g/mol. The van der Waals surface area contributed by atoms with Crippen LogP contribution in [0.5, 0.6) is 0 Å². The first-order chi connectivity index (χ1) is 11.6. The zero-order chi connectivity index (χ0) is 19.6. The lowest BCUT2D eigenvalue weighted by atomic mass is 9.98. The summed E-state index contributed by atoms with van der Waals surface area (Å²) in [6.07, 6.45) is 2.39. The summed E-state index contributed by atoms with van der Waals surface area (Å²) in [7, 11) is 1.29. The molecule has 7 nitrogen and oxygen atoms in total. The van der Waals surface area contributed by atoms with E-state index < -0.39 is 35.7 Å². The van der Waals surface area contributed by atoms with E-state index in [2.05, 4.69) is 10.6 Å². The molecule has 1 unspecified atom stereocenters. The average molecular weight is 377 g/mol. The molecule has 0 spiro atoms. The molecule has 8 heteroatoms. The first-order valence-corrected chi connectivity index (χ1v) is 9.81. The molecule has 2 amide bonds. The Morgan fingerprint density at radius 1 is 1.16 bits per heavy atom. The molecule has 0 aromatic carbocycles. The fourth-order valence-corrected chi connectivity index (χ4v) is 2.48. The molecule has 146 valence electrons. The lowest BCUT2D eigenvalue weighted by Gasteiger charge is -2.26. The van der Waals surface area contributed by atoms with Gasteiger partial charge in [0.2, 0.25) is 5.91 Å². The number of carbonyl (C=O) groups is 3. The quantitative estimate of drug-likeness (QED) is 0.600. The van der Waals surface area contributed by atoms with E-state index in [1.54, 1.807) is 32.5 Å². The summed E-state index contributed by atoms with van der Waals surface area (Å²) in [6, 6.07) is -1.53. The number of amides is 2. The van der Waals surface area contributed by atoms with Crippen LogP contribution in [0.1, 0.15) is 47.5 Å². The molecule has 0 aromatic heterocycles. The first kappa shape index (κ1) is 23.6. The molecule has 0 saturated heterocycles. The van der Waals surface area contributed by atoms with Gasteiger partial charge in [0.15, 0.2) is 0 Å². The van der Waals surface area contributed by atoms with E-state index in [-0.39, 0.29) is 5.92 Å². The molecule has 0 aliphatic carbocycles. The highest BCUT2D eigenvalue weighted by molar-refractivity contribution is 7.98. The zero-order valence-electron chi connectivity index (χ0n) is 16.3. The number of hydrogen-bond donors (Lipinski definition) is 2. The highest BCUT2D eigenvalue weighted by Gasteiger charge is 2.31. The number of hydrogen-bond acceptors (Lipinski definition) is 6. The van der Waals surface area contributed by atoms with E-state index in [0.29, 0.717) is 18.6 Å². The molecule has 0 saturated carbocycles. The minimum absolute atomic E-state index is 0.0841. The summed E-state index contributed by atoms with van der Waals surface area (Å²) < 4.78 is 9.99. The van der Waals surface area contributed by atoms with Gasteiger partial charge >= 0.3 is 12.1 Å². The molecule has 0 rings (SSSR count). The summed E-state index contributed by atoms with van der Waals surface area (Å²) in [5.74, 6) is -0.321. The largest absolute Gasteiger partial charge is 0.467 e. The first-order valence-electron chi connectivity index (χ1n) is 8.42. The van der Waals surface area contributed by atoms with Crippen LogP contribution in [0.2, 0.25) is 0 Å². The minimum atomic E-state index is -0.779. The van der Waals surface area contributed by atoms with E-state index in [4.69, 9.17) is 9.47 Å². The molecule has 0 fully saturated rings. The number of thioether (sulfide) groups is 1. The van der Waals surface area contributed by atoms with Crippen LogP contribution in [0.4, 0.5) is 4.79 Å². The highest BCUT2D eigenvalue weighted by Crippen LogP contribution is 2.11. The number of rotatable bonds is 9. The topological polar surface area (TPSA) is 93.7 Å². The van der Waals surface area contributed by atoms with Crippen molar-refractivity contribution in [3.8, 4) is 0 Å². The zero-order valence-corrected chi connectivity index (χ0v) is 17.1. The molecule has 3 atom stereocenters. The maximum atomic E-state index is 12.6. The smallest absolute Gasteiger partial charge is 0.408 e. The lowest BCUT2D eigenvalue weighted by molar-refractivity contribution is -0.146. The SMILES string of the molecule is CCC(C)[C@H](NC(=O)[C@@H](CCSC)NC(=O)OC(C)(C)C)C(=O)OC. The molecular weight excluding hydrogens is 344 g/mol. The minimum Gasteiger partial charge on any atom is -0.467 e. The fourth-order valence-electron chi connectivity index (χ4n) is 2.00. The van der Waals surface area contributed by atoms with Gasteiger partial charge in [-0.25, -0.2) is 9.59 Å². The third kappa shape index (κ3) is 9.57. The second-order valence-electron chi connectivity index (χ2n) is 6.88. The molecule has 0 aliphatic heterocycles. The van der Waals surface area contributed by atoms with Crippen LogP contribution in [0.15, 0.2) is 0 Å². The predicted octanol–water partition coefficient (Wildman–Crippen LogP) is 2.34. The highest BCUT2D eigenvalue weighted by atomic mass is 32.2. The van der Waals surface area contributed by atoms with Gasteiger partial charge in [-0.15, -0.1) is 0 Å². The van der Waals surface area contributed by atoms with Gasteiger partial charge in [-0.2, -0.15) is 11.8 Å². The molecule has 0 aromatic rings. The number of ether oxygens (including phenoxy) is 2. The molecule has 2 N–H and O–H groups in total. The van der Waals surface area contributed by atoms with Crippen molar-refractivity contribution in [3.05, 3.63) is 0 Å². The van der Waals surface area contributed by atoms with Crippen LogP contribution in [0.25, 0.3) is 0 Å². The fraction of sp³-hybridized carbons (Fsp3) is 0.824. The third-order valence-electron chi connectivity index (χ3n) is 3.58. The summed E-state index contributed by atoms with van der Waals surface area (Å²) in [4.78, 5) is 36.5. The van der Waals surface area contributed by atoms with Gasteiger partial charge in [-0.3, -0.25) is 4.79 Å². The van der Waals surface area contributed by atoms with E-state index in [1.807, 2.05) is 20.1 Å². The van der Waals surface area contributed by atoms with Gasteiger partial charge < -0.3 is 20.1 Å². The van der Waals surface area contributed by atoms with Crippen molar-refractivity contribution in [2.75, 3.05) is 19.1 Å². The van der Waals surface area contributed by atoms with Gasteiger partial charge in [-0.1, -0.05) is 20.3 Å². The second-order valence-corrected chi connectivity index (χ2v) is 7.86. The van der Waals surface area contributed by atoms with E-state index >= 15 is 0 Å². The van der Waals surface area contributed by atoms with Crippen LogP contribution in [-0.2, 0) is 19.1 Å². The Hall–Kier alpha value is -1.44. The number of esters is 1. The van der Waals surface area contributed by atoms with Gasteiger partial charge in [-0.05, 0) is 45.1 Å². The van der Waals surface area contributed by atoms with Crippen LogP contribution in [-0.4, -0.2) is 54.8 Å². The number of carbonyl (C=O) groups excluding carboxylic acids is 3. The summed E-state index contributed by atoms with van der Waals surface area (Å²) in [5, 5.41) is 5.29. The summed E-state index contributed by atoms with van der Waals surface area (Å²) in [6.45, 7) is 9.04. The molecule has 0 bridgehead atoms. The molecule has 0 heterocycles. The Morgan fingerprint density at radius 3 is 2.20 bits per heavy atom. The van der Waals surface area contributed by atoms with E-state index in [0.717, 1.165) is 0 Å². The average Bonchev–Trinajstić information content (AvgIpc) is 2.52. The Kier molecular flexibility index (Phi) is 10.6. The van der Waals surface area contributed by atoms with Gasteiger partial charge in [0.05, 0.1) is 7.11 Å². The summed E-state index contributed by atoms with van der Waals surface area (Å²) in [5.41, 5.74) is -0.657. The molecule has 0 radical (unpaired) electrons. The van der Waals surface area contributed by atoms with Crippen LogP contribution >= 0.6 is 11.8 Å². The standard InChI is InChI=1S/C17H32N2O5S/c1-8-11(2)13(15(21)23-6)19-14(20)12(9-10-25-7)18-16(22)24-17(3,4)5/h11-13H,8-10H2,1-7H3,(H,18,22)(H,19,20)/t11?,12-,13+/m1/s1. The Labute approximate surface area is 155 Å². The molecule has 25 heavy (non-hydrogen) atoms. The van der Waals surface area contributed by atoms with Gasteiger partial charge in [0.25, 0.3) is 0 Å². The van der Waals surface area contributed by atoms with Crippen molar-refractivity contribution in [1.29, 1.82) is 0 Å². The molecule has 0 aliphatic rings. The van der Waals surface area contributed by atoms with Crippen molar-refractivity contribution in [3.63, 3.8) is 0 Å². The van der Waals surface area contributed by atoms with Crippen LogP contribution in [0, 0.1) is 5.92 Å². The maximum absolute atomic E-state index is 12.6. The van der Waals surface area contributed by atoms with Crippen LogP contribution in [0.3, 0.4) is 0 Å². The second kappa shape index (κ2) is 11.2. The number of alkyl carbamates (subject to hydrolysis) is 1. The van der Waals surface area contributed by atoms with Crippen molar-refractivity contribution < 1.29 is 23.9 Å². The lowest BCUT2D eigenvalue weighted by Crippen LogP contribution is -2.54. The van der Waals surface area contributed by atoms with E-state index in [9.17, 15) is 14.4 Å². The van der Waals surface area contributed by atoms with Gasteiger partial charge in [0.1, 0.15) is 17.7 Å². The Balaban J connectivity index is 5.07. The summed E-state index contributed by atoms with van der Waals surface area (Å²) >= 11 is 1.56. The third-order valence-corrected chi connectivity index (χ3v) is 4.23. The van der Waals surface area contributed by atoms with E-state index in [1.165, 1.54) is 7.11 Å². The van der Waals surface area contributed by atoms with Crippen molar-refractivity contribution in [2.24, 2.45) is 5.92 Å². The predicted molar refractivity (Wildman–Crippen MR) is 99.6 cm³/mol. The Morgan fingerprint density at radius 2 is 1.76 bits per heavy atom. The molecular formula is C17H32N2O5S. The van der Waals surface area contributed by atoms with Crippen LogP contribution < -0.4 is 10.6 Å². The normalized spacial score (nSPS) is 14.8. The van der Waals surface area contributed by atoms with Crippen molar-refractivity contribution >= 4 is 29.7 Å². The van der Waals surface area contributed by atoms with Crippen molar-refractivity contribution in [1.82, 2.24) is 10.6 Å². The Bertz CT molecular complexity index is 451. The number of nitrogens with one attached hydrogen (secondary N) is 2. The van der Waals surface area contributed by atoms with Gasteiger partial charge in [0, 0.05) is 0 Å². The number of methoxy groups -OCH3 is 1.